The largest absolute Gasteiger partial charge is 0.356 e. The summed E-state index contributed by atoms with van der Waals surface area (Å²) in [6, 6.07) is 4.08. The van der Waals surface area contributed by atoms with E-state index in [0.29, 0.717) is 6.54 Å². The molecule has 1 saturated carbocycles. The van der Waals surface area contributed by atoms with Gasteiger partial charge in [0.25, 0.3) is 0 Å². The van der Waals surface area contributed by atoms with Crippen molar-refractivity contribution < 1.29 is 4.79 Å². The summed E-state index contributed by atoms with van der Waals surface area (Å²) in [5.41, 5.74) is 2.30. The molecule has 1 aliphatic carbocycles. The Kier molecular flexibility index (Phi) is 3.72. The van der Waals surface area contributed by atoms with Crippen LogP contribution in [0.5, 0.6) is 0 Å². The van der Waals surface area contributed by atoms with Crippen LogP contribution in [0.2, 0.25) is 0 Å². The smallest absolute Gasteiger partial charge is 0.223 e. The van der Waals surface area contributed by atoms with E-state index in [1.54, 1.807) is 0 Å². The average molecular weight is 271 g/mol. The molecule has 0 atom stereocenters. The lowest BCUT2D eigenvalue weighted by Crippen LogP contribution is -2.35. The Hall–Kier alpha value is -1.84. The van der Waals surface area contributed by atoms with Crippen molar-refractivity contribution in [2.45, 2.75) is 39.2 Å². The molecule has 4 nitrogen and oxygen atoms in total. The summed E-state index contributed by atoms with van der Waals surface area (Å²) >= 11 is 0. The number of nitrogens with zero attached hydrogens (tertiary/aromatic N) is 2. The molecule has 0 radical (unpaired) electrons. The number of aromatic nitrogens is 2. The molecule has 4 heteroatoms. The van der Waals surface area contributed by atoms with Gasteiger partial charge in [-0.3, -0.25) is 4.79 Å². The summed E-state index contributed by atoms with van der Waals surface area (Å²) < 4.78 is 2.17. The molecule has 0 saturated heterocycles. The van der Waals surface area contributed by atoms with Gasteiger partial charge in [0.15, 0.2) is 0 Å². The fraction of sp³-hybridized carbons (Fsp3) is 0.500. The van der Waals surface area contributed by atoms with Crippen LogP contribution in [0.25, 0.3) is 11.0 Å². The van der Waals surface area contributed by atoms with Crippen molar-refractivity contribution in [1.29, 1.82) is 0 Å². The minimum Gasteiger partial charge on any atom is -0.356 e. The predicted octanol–water partition coefficient (Wildman–Crippen LogP) is 2.52. The zero-order chi connectivity index (χ0) is 13.9. The number of hydrogen-bond donors (Lipinski definition) is 1. The Balaban J connectivity index is 1.66. The normalized spacial score (nSPS) is 15.2. The van der Waals surface area contributed by atoms with Gasteiger partial charge >= 0.3 is 0 Å². The summed E-state index contributed by atoms with van der Waals surface area (Å²) in [5.74, 6) is 0.502. The molecule has 0 bridgehead atoms. The van der Waals surface area contributed by atoms with Crippen LogP contribution in [0.1, 0.15) is 31.7 Å². The van der Waals surface area contributed by atoms with Gasteiger partial charge in [0.2, 0.25) is 5.91 Å². The Bertz CT molecular complexity index is 613. The topological polar surface area (TPSA) is 46.9 Å². The second kappa shape index (κ2) is 5.65. The minimum absolute atomic E-state index is 0.230. The second-order valence-corrected chi connectivity index (χ2v) is 5.48. The van der Waals surface area contributed by atoms with Crippen LogP contribution in [0, 0.1) is 5.92 Å². The molecule has 0 unspecified atom stereocenters. The number of carbonyl (C=O) groups excluding carboxylic acids is 1. The number of nitrogens with one attached hydrogen (secondary N) is 1. The number of fused-ring (bicyclic) bond motifs is 1. The standard InChI is InChI=1S/C16H21N3O/c1-2-19-11-13(14-7-4-9-17-15(14)19)8-10-18-16(20)12-5-3-6-12/h4,7,9,11-12H,2-3,5-6,8,10H2,1H3,(H,18,20). The maximum absolute atomic E-state index is 11.8. The van der Waals surface area contributed by atoms with Gasteiger partial charge in [-0.1, -0.05) is 6.42 Å². The molecule has 2 heterocycles. The predicted molar refractivity (Wildman–Crippen MR) is 79.5 cm³/mol. The van der Waals surface area contributed by atoms with Crippen molar-refractivity contribution in [3.8, 4) is 0 Å². The zero-order valence-electron chi connectivity index (χ0n) is 11.9. The average Bonchev–Trinajstić information content (AvgIpc) is 2.75. The summed E-state index contributed by atoms with van der Waals surface area (Å²) in [7, 11) is 0. The summed E-state index contributed by atoms with van der Waals surface area (Å²) in [6.07, 6.45) is 8.18. The maximum atomic E-state index is 11.8. The lowest BCUT2D eigenvalue weighted by molar-refractivity contribution is -0.127. The molecule has 0 spiro atoms. The molecule has 1 N–H and O–H groups in total. The Labute approximate surface area is 119 Å². The third kappa shape index (κ3) is 2.42. The van der Waals surface area contributed by atoms with E-state index in [4.69, 9.17) is 0 Å². The first-order chi connectivity index (χ1) is 9.79. The van der Waals surface area contributed by atoms with Crippen LogP contribution in [-0.4, -0.2) is 22.0 Å². The van der Waals surface area contributed by atoms with Crippen LogP contribution in [0.15, 0.2) is 24.5 Å². The van der Waals surface area contributed by atoms with Crippen molar-refractivity contribution in [1.82, 2.24) is 14.9 Å². The van der Waals surface area contributed by atoms with E-state index in [1.165, 1.54) is 17.4 Å². The van der Waals surface area contributed by atoms with E-state index in [0.717, 1.165) is 31.5 Å². The molecule has 1 fully saturated rings. The number of aryl methyl sites for hydroxylation is 1. The van der Waals surface area contributed by atoms with Gasteiger partial charge in [0.1, 0.15) is 5.65 Å². The van der Waals surface area contributed by atoms with Crippen molar-refractivity contribution in [3.63, 3.8) is 0 Å². The molecule has 2 aromatic heterocycles. The summed E-state index contributed by atoms with van der Waals surface area (Å²) in [5, 5.41) is 4.26. The van der Waals surface area contributed by atoms with E-state index in [2.05, 4.69) is 34.1 Å². The van der Waals surface area contributed by atoms with Gasteiger partial charge in [0, 0.05) is 36.8 Å². The molecule has 20 heavy (non-hydrogen) atoms. The number of pyridine rings is 1. The molecule has 106 valence electrons. The SMILES string of the molecule is CCn1cc(CCNC(=O)C2CCC2)c2cccnc21. The van der Waals surface area contributed by atoms with E-state index >= 15 is 0 Å². The highest BCUT2D eigenvalue weighted by Gasteiger charge is 2.24. The molecular weight excluding hydrogens is 250 g/mol. The van der Waals surface area contributed by atoms with Crippen LogP contribution in [0.3, 0.4) is 0 Å². The number of rotatable bonds is 5. The molecule has 2 aromatic rings. The number of carbonyl (C=O) groups is 1. The van der Waals surface area contributed by atoms with Crippen molar-refractivity contribution in [2.24, 2.45) is 5.92 Å². The molecule has 0 aromatic carbocycles. The third-order valence-electron chi connectivity index (χ3n) is 4.23. The highest BCUT2D eigenvalue weighted by molar-refractivity contribution is 5.81. The van der Waals surface area contributed by atoms with Crippen molar-refractivity contribution in [2.75, 3.05) is 6.54 Å². The first kappa shape index (κ1) is 13.2. The van der Waals surface area contributed by atoms with E-state index in [-0.39, 0.29) is 11.8 Å². The fourth-order valence-electron chi connectivity index (χ4n) is 2.77. The minimum atomic E-state index is 0.230. The Morgan fingerprint density at radius 1 is 1.50 bits per heavy atom. The highest BCUT2D eigenvalue weighted by atomic mass is 16.1. The molecule has 1 amide bonds. The third-order valence-corrected chi connectivity index (χ3v) is 4.23. The lowest BCUT2D eigenvalue weighted by atomic mass is 9.85. The first-order valence-electron chi connectivity index (χ1n) is 7.50. The molecule has 1 aliphatic rings. The Morgan fingerprint density at radius 2 is 2.35 bits per heavy atom. The lowest BCUT2D eigenvalue weighted by Gasteiger charge is -2.23. The van der Waals surface area contributed by atoms with Gasteiger partial charge in [-0.25, -0.2) is 4.98 Å². The summed E-state index contributed by atoms with van der Waals surface area (Å²) in [6.45, 7) is 3.76. The van der Waals surface area contributed by atoms with E-state index in [9.17, 15) is 4.79 Å². The molecular formula is C16H21N3O. The highest BCUT2D eigenvalue weighted by Crippen LogP contribution is 2.26. The van der Waals surface area contributed by atoms with Crippen LogP contribution < -0.4 is 5.32 Å². The van der Waals surface area contributed by atoms with Crippen molar-refractivity contribution >= 4 is 16.9 Å². The van der Waals surface area contributed by atoms with Crippen molar-refractivity contribution in [3.05, 3.63) is 30.1 Å². The molecule has 3 rings (SSSR count). The van der Waals surface area contributed by atoms with Crippen LogP contribution in [-0.2, 0) is 17.8 Å². The number of amides is 1. The van der Waals surface area contributed by atoms with Gasteiger partial charge in [-0.2, -0.15) is 0 Å². The number of hydrogen-bond acceptors (Lipinski definition) is 2. The first-order valence-corrected chi connectivity index (χ1v) is 7.50. The Morgan fingerprint density at radius 3 is 3.05 bits per heavy atom. The fourth-order valence-corrected chi connectivity index (χ4v) is 2.77. The van der Waals surface area contributed by atoms with Gasteiger partial charge in [0.05, 0.1) is 0 Å². The van der Waals surface area contributed by atoms with E-state index in [1.807, 2.05) is 12.3 Å². The summed E-state index contributed by atoms with van der Waals surface area (Å²) in [4.78, 5) is 16.3. The van der Waals surface area contributed by atoms with Gasteiger partial charge in [-0.05, 0) is 43.9 Å². The van der Waals surface area contributed by atoms with E-state index < -0.39 is 0 Å². The maximum Gasteiger partial charge on any atom is 0.223 e. The monoisotopic (exact) mass is 271 g/mol. The quantitative estimate of drug-likeness (QED) is 0.908. The zero-order valence-corrected chi connectivity index (χ0v) is 11.9. The van der Waals surface area contributed by atoms with Gasteiger partial charge in [-0.15, -0.1) is 0 Å². The van der Waals surface area contributed by atoms with Gasteiger partial charge < -0.3 is 9.88 Å². The van der Waals surface area contributed by atoms with Crippen LogP contribution >= 0.6 is 0 Å². The second-order valence-electron chi connectivity index (χ2n) is 5.48. The molecule has 0 aliphatic heterocycles. The van der Waals surface area contributed by atoms with Crippen LogP contribution in [0.4, 0.5) is 0 Å².